The molecule has 0 bridgehead atoms. The summed E-state index contributed by atoms with van der Waals surface area (Å²) in [5.74, 6) is 2.09. The molecule has 0 saturated carbocycles. The minimum Gasteiger partial charge on any atom is -0.497 e. The Bertz CT molecular complexity index is 959. The Hall–Kier alpha value is -2.80. The summed E-state index contributed by atoms with van der Waals surface area (Å²) in [4.78, 5) is 20.1. The number of aromatic nitrogens is 2. The molecule has 30 heavy (non-hydrogen) atoms. The minimum absolute atomic E-state index is 0.0717. The van der Waals surface area contributed by atoms with Crippen LogP contribution in [-0.2, 0) is 4.79 Å². The summed E-state index contributed by atoms with van der Waals surface area (Å²) in [5, 5.41) is 4.27. The van der Waals surface area contributed by atoms with Gasteiger partial charge in [-0.05, 0) is 49.2 Å². The van der Waals surface area contributed by atoms with Crippen molar-refractivity contribution in [1.82, 2.24) is 15.0 Å². The SMILES string of the molecule is COc1ccc(-c2cc([C@@H]3CCCCCN3C(=O)CSc3ccncc3)on2)cc1. The van der Waals surface area contributed by atoms with E-state index in [1.54, 1.807) is 31.3 Å². The highest BCUT2D eigenvalue weighted by Gasteiger charge is 2.29. The molecule has 1 atom stereocenters. The highest BCUT2D eigenvalue weighted by atomic mass is 32.2. The maximum absolute atomic E-state index is 13.1. The molecule has 6 nitrogen and oxygen atoms in total. The van der Waals surface area contributed by atoms with Crippen molar-refractivity contribution >= 4 is 17.7 Å². The number of methoxy groups -OCH3 is 1. The lowest BCUT2D eigenvalue weighted by molar-refractivity contribution is -0.131. The first-order chi connectivity index (χ1) is 14.7. The number of likely N-dealkylation sites (tertiary alicyclic amines) is 1. The van der Waals surface area contributed by atoms with Crippen LogP contribution < -0.4 is 4.74 Å². The average molecular weight is 424 g/mol. The van der Waals surface area contributed by atoms with E-state index in [1.807, 2.05) is 47.4 Å². The molecule has 1 fully saturated rings. The minimum atomic E-state index is -0.0717. The summed E-state index contributed by atoms with van der Waals surface area (Å²) in [6, 6.07) is 13.5. The van der Waals surface area contributed by atoms with Crippen molar-refractivity contribution in [3.8, 4) is 17.0 Å². The van der Waals surface area contributed by atoms with E-state index < -0.39 is 0 Å². The van der Waals surface area contributed by atoms with Crippen molar-refractivity contribution in [2.75, 3.05) is 19.4 Å². The molecule has 1 aliphatic rings. The summed E-state index contributed by atoms with van der Waals surface area (Å²) in [6.45, 7) is 0.749. The molecular weight excluding hydrogens is 398 g/mol. The van der Waals surface area contributed by atoms with Crippen LogP contribution in [0.5, 0.6) is 5.75 Å². The largest absolute Gasteiger partial charge is 0.497 e. The van der Waals surface area contributed by atoms with Crippen LogP contribution in [0.1, 0.15) is 37.5 Å². The van der Waals surface area contributed by atoms with Gasteiger partial charge in [0.2, 0.25) is 5.91 Å². The molecule has 0 radical (unpaired) electrons. The van der Waals surface area contributed by atoms with Gasteiger partial charge in [-0.3, -0.25) is 9.78 Å². The van der Waals surface area contributed by atoms with E-state index in [9.17, 15) is 4.79 Å². The molecular formula is C23H25N3O3S. The zero-order chi connectivity index (χ0) is 20.8. The number of hydrogen-bond acceptors (Lipinski definition) is 6. The van der Waals surface area contributed by atoms with Gasteiger partial charge >= 0.3 is 0 Å². The van der Waals surface area contributed by atoms with Crippen LogP contribution in [-0.4, -0.2) is 40.4 Å². The van der Waals surface area contributed by atoms with Crippen molar-refractivity contribution in [3.63, 3.8) is 0 Å². The number of thioether (sulfide) groups is 1. The van der Waals surface area contributed by atoms with E-state index in [4.69, 9.17) is 9.26 Å². The van der Waals surface area contributed by atoms with E-state index >= 15 is 0 Å². The first-order valence-electron chi connectivity index (χ1n) is 10.2. The number of carbonyl (C=O) groups excluding carboxylic acids is 1. The Morgan fingerprint density at radius 3 is 2.73 bits per heavy atom. The molecule has 3 aromatic rings. The second kappa shape index (κ2) is 9.80. The van der Waals surface area contributed by atoms with Crippen LogP contribution in [0, 0.1) is 0 Å². The molecule has 2 aromatic heterocycles. The number of carbonyl (C=O) groups is 1. The summed E-state index contributed by atoms with van der Waals surface area (Å²) < 4.78 is 10.9. The first kappa shape index (κ1) is 20.5. The van der Waals surface area contributed by atoms with Crippen LogP contribution in [0.25, 0.3) is 11.3 Å². The lowest BCUT2D eigenvalue weighted by atomic mass is 10.1. The summed E-state index contributed by atoms with van der Waals surface area (Å²) in [5.41, 5.74) is 1.74. The fourth-order valence-corrected chi connectivity index (χ4v) is 4.48. The normalized spacial score (nSPS) is 16.8. The van der Waals surface area contributed by atoms with Gasteiger partial charge in [-0.15, -0.1) is 11.8 Å². The van der Waals surface area contributed by atoms with E-state index in [0.29, 0.717) is 5.75 Å². The molecule has 0 unspecified atom stereocenters. The summed E-state index contributed by atoms with van der Waals surface area (Å²) in [7, 11) is 1.65. The molecule has 0 N–H and O–H groups in total. The molecule has 156 valence electrons. The highest BCUT2D eigenvalue weighted by molar-refractivity contribution is 8.00. The Morgan fingerprint density at radius 1 is 1.17 bits per heavy atom. The van der Waals surface area contributed by atoms with E-state index in [2.05, 4.69) is 10.1 Å². The Balaban J connectivity index is 1.50. The zero-order valence-electron chi connectivity index (χ0n) is 17.0. The highest BCUT2D eigenvalue weighted by Crippen LogP contribution is 2.33. The van der Waals surface area contributed by atoms with Gasteiger partial charge in [-0.2, -0.15) is 0 Å². The smallest absolute Gasteiger partial charge is 0.233 e. The first-order valence-corrected chi connectivity index (χ1v) is 11.2. The Kier molecular flexibility index (Phi) is 6.69. The average Bonchev–Trinajstić information content (AvgIpc) is 3.16. The molecule has 1 aliphatic heterocycles. The van der Waals surface area contributed by atoms with Gasteiger partial charge in [0, 0.05) is 35.5 Å². The Labute approximate surface area is 180 Å². The lowest BCUT2D eigenvalue weighted by Crippen LogP contribution is -2.35. The topological polar surface area (TPSA) is 68.5 Å². The number of rotatable bonds is 6. The van der Waals surface area contributed by atoms with Crippen LogP contribution in [0.15, 0.2) is 64.3 Å². The summed E-state index contributed by atoms with van der Waals surface area (Å²) >= 11 is 1.54. The van der Waals surface area contributed by atoms with E-state index in [1.165, 1.54) is 0 Å². The number of pyridine rings is 1. The molecule has 0 spiro atoms. The Morgan fingerprint density at radius 2 is 1.97 bits per heavy atom. The third kappa shape index (κ3) is 4.84. The molecule has 1 saturated heterocycles. The van der Waals surface area contributed by atoms with Crippen LogP contribution in [0.4, 0.5) is 0 Å². The van der Waals surface area contributed by atoms with Gasteiger partial charge in [0.05, 0.1) is 18.9 Å². The number of hydrogen-bond donors (Lipinski definition) is 0. The van der Waals surface area contributed by atoms with Crippen LogP contribution >= 0.6 is 11.8 Å². The van der Waals surface area contributed by atoms with Gasteiger partial charge in [-0.1, -0.05) is 18.0 Å². The van der Waals surface area contributed by atoms with Gasteiger partial charge in [-0.25, -0.2) is 0 Å². The quantitative estimate of drug-likeness (QED) is 0.521. The monoisotopic (exact) mass is 423 g/mol. The van der Waals surface area contributed by atoms with E-state index in [0.717, 1.165) is 59.9 Å². The zero-order valence-corrected chi connectivity index (χ0v) is 17.8. The third-order valence-electron chi connectivity index (χ3n) is 5.33. The van der Waals surface area contributed by atoms with Gasteiger partial charge < -0.3 is 14.2 Å². The maximum Gasteiger partial charge on any atom is 0.233 e. The summed E-state index contributed by atoms with van der Waals surface area (Å²) in [6.07, 6.45) is 7.60. The number of nitrogens with zero attached hydrogens (tertiary/aromatic N) is 3. The van der Waals surface area contributed by atoms with Crippen molar-refractivity contribution < 1.29 is 14.1 Å². The molecule has 3 heterocycles. The molecule has 0 aliphatic carbocycles. The van der Waals surface area contributed by atoms with Crippen molar-refractivity contribution in [3.05, 3.63) is 60.6 Å². The predicted octanol–water partition coefficient (Wildman–Crippen LogP) is 4.98. The standard InChI is InChI=1S/C23H25N3O3S/c1-28-18-8-6-17(7-9-18)20-15-22(29-25-20)21-5-3-2-4-14-26(21)23(27)16-30-19-10-12-24-13-11-19/h6-13,15,21H,2-5,14,16H2,1H3/t21-/m0/s1. The van der Waals surface area contributed by atoms with Gasteiger partial charge in [0.25, 0.3) is 0 Å². The molecule has 1 aromatic carbocycles. The maximum atomic E-state index is 13.1. The van der Waals surface area contributed by atoms with Crippen LogP contribution in [0.3, 0.4) is 0 Å². The fourth-order valence-electron chi connectivity index (χ4n) is 3.71. The van der Waals surface area contributed by atoms with Crippen molar-refractivity contribution in [2.24, 2.45) is 0 Å². The second-order valence-electron chi connectivity index (χ2n) is 7.27. The van der Waals surface area contributed by atoms with Gasteiger partial charge in [0.15, 0.2) is 5.76 Å². The van der Waals surface area contributed by atoms with E-state index in [-0.39, 0.29) is 11.9 Å². The van der Waals surface area contributed by atoms with Crippen molar-refractivity contribution in [1.29, 1.82) is 0 Å². The van der Waals surface area contributed by atoms with Crippen LogP contribution in [0.2, 0.25) is 0 Å². The predicted molar refractivity (Wildman–Crippen MR) is 116 cm³/mol. The number of amides is 1. The number of ether oxygens (including phenoxy) is 1. The molecule has 1 amide bonds. The second-order valence-corrected chi connectivity index (χ2v) is 8.32. The molecule has 7 heteroatoms. The van der Waals surface area contributed by atoms with Gasteiger partial charge in [0.1, 0.15) is 11.4 Å². The van der Waals surface area contributed by atoms with Crippen molar-refractivity contribution in [2.45, 2.75) is 36.6 Å². The lowest BCUT2D eigenvalue weighted by Gasteiger charge is -2.28. The fraction of sp³-hybridized carbons (Fsp3) is 0.348. The third-order valence-corrected chi connectivity index (χ3v) is 6.32. The number of benzene rings is 1. The molecule has 4 rings (SSSR count).